The first-order valence-electron chi connectivity index (χ1n) is 11.4. The van der Waals surface area contributed by atoms with Gasteiger partial charge in [-0.05, 0) is 36.6 Å². The number of fused-ring (bicyclic) bond motifs is 1. The molecule has 0 bridgehead atoms. The Morgan fingerprint density at radius 2 is 1.60 bits per heavy atom. The molecular formula is C26H30ClNO7. The molecule has 9 heteroatoms. The summed E-state index contributed by atoms with van der Waals surface area (Å²) in [5.41, 5.74) is -1.44. The highest BCUT2D eigenvalue weighted by Crippen LogP contribution is 2.59. The summed E-state index contributed by atoms with van der Waals surface area (Å²) in [6.45, 7) is 1.78. The van der Waals surface area contributed by atoms with Crippen LogP contribution in [0.3, 0.4) is 0 Å². The second kappa shape index (κ2) is 10.1. The molecule has 35 heavy (non-hydrogen) atoms. The van der Waals surface area contributed by atoms with Crippen LogP contribution in [0.25, 0.3) is 0 Å². The van der Waals surface area contributed by atoms with Gasteiger partial charge in [0.2, 0.25) is 0 Å². The lowest BCUT2D eigenvalue weighted by atomic mass is 9.57. The first-order valence-corrected chi connectivity index (χ1v) is 11.9. The second-order valence-electron chi connectivity index (χ2n) is 8.95. The molecule has 0 spiro atoms. The van der Waals surface area contributed by atoms with Crippen LogP contribution in [0.1, 0.15) is 42.9 Å². The third-order valence-electron chi connectivity index (χ3n) is 7.31. The van der Waals surface area contributed by atoms with Crippen molar-refractivity contribution in [2.45, 2.75) is 43.4 Å². The Morgan fingerprint density at radius 3 is 2.14 bits per heavy atom. The molecule has 2 aliphatic rings. The molecule has 2 fully saturated rings. The van der Waals surface area contributed by atoms with Crippen molar-refractivity contribution >= 4 is 23.5 Å². The standard InChI is InChI=1S/C26H30ClNO7/c1-25-21(17-10-12-19(31-2)13-11-17)14-20(16-27)34-28(25)35-22(18-8-6-5-7-9-18)15-26(25,23(29)32-3)24(30)33-4/h5-13,20-22H,14-16H2,1-4H3/t20-,21-,22-,25+/m0/s1. The fourth-order valence-corrected chi connectivity index (χ4v) is 5.56. The number of carbonyl (C=O) groups is 2. The maximum absolute atomic E-state index is 13.6. The Balaban J connectivity index is 1.93. The first-order chi connectivity index (χ1) is 16.8. The van der Waals surface area contributed by atoms with Crippen molar-refractivity contribution in [1.82, 2.24) is 5.23 Å². The van der Waals surface area contributed by atoms with Crippen LogP contribution in [-0.4, -0.2) is 56.0 Å². The van der Waals surface area contributed by atoms with Crippen LogP contribution in [0.4, 0.5) is 0 Å². The van der Waals surface area contributed by atoms with Gasteiger partial charge in [-0.3, -0.25) is 19.3 Å². The minimum Gasteiger partial charge on any atom is -0.497 e. The highest BCUT2D eigenvalue weighted by atomic mass is 35.5. The molecule has 4 atom stereocenters. The van der Waals surface area contributed by atoms with E-state index in [1.54, 1.807) is 14.0 Å². The molecule has 188 valence electrons. The van der Waals surface area contributed by atoms with Gasteiger partial charge >= 0.3 is 11.9 Å². The summed E-state index contributed by atoms with van der Waals surface area (Å²) in [5, 5.41) is 1.30. The van der Waals surface area contributed by atoms with E-state index in [4.69, 9.17) is 35.5 Å². The van der Waals surface area contributed by atoms with Crippen LogP contribution in [0, 0.1) is 5.41 Å². The average molecular weight is 504 g/mol. The molecule has 2 heterocycles. The number of ether oxygens (including phenoxy) is 3. The van der Waals surface area contributed by atoms with E-state index in [0.29, 0.717) is 12.2 Å². The SMILES string of the molecule is COC(=O)C1(C(=O)OC)C[C@@H](c2ccccc2)ON2O[C@H](CCl)C[C@@H](c3ccc(OC)cc3)[C@@]21C. The predicted octanol–water partition coefficient (Wildman–Crippen LogP) is 4.19. The van der Waals surface area contributed by atoms with E-state index in [-0.39, 0.29) is 12.3 Å². The van der Waals surface area contributed by atoms with Crippen molar-refractivity contribution in [3.8, 4) is 5.75 Å². The molecule has 0 unspecified atom stereocenters. The summed E-state index contributed by atoms with van der Waals surface area (Å²) >= 11 is 6.25. The lowest BCUT2D eigenvalue weighted by Gasteiger charge is -2.60. The number of hydrogen-bond acceptors (Lipinski definition) is 8. The van der Waals surface area contributed by atoms with Gasteiger partial charge in [0.1, 0.15) is 17.4 Å². The lowest BCUT2D eigenvalue weighted by Crippen LogP contribution is -2.73. The van der Waals surface area contributed by atoms with E-state index in [0.717, 1.165) is 11.1 Å². The number of halogens is 1. The topological polar surface area (TPSA) is 83.5 Å². The fourth-order valence-electron chi connectivity index (χ4n) is 5.38. The fraction of sp³-hybridized carbons (Fsp3) is 0.462. The third kappa shape index (κ3) is 4.08. The molecular weight excluding hydrogens is 474 g/mol. The van der Waals surface area contributed by atoms with Gasteiger partial charge in [-0.2, -0.15) is 0 Å². The van der Waals surface area contributed by atoms with E-state index in [1.807, 2.05) is 54.6 Å². The molecule has 2 aromatic carbocycles. The highest BCUT2D eigenvalue weighted by molar-refractivity contribution is 6.18. The number of rotatable bonds is 6. The Morgan fingerprint density at radius 1 is 0.971 bits per heavy atom. The van der Waals surface area contributed by atoms with E-state index in [9.17, 15) is 9.59 Å². The Kier molecular flexibility index (Phi) is 7.38. The van der Waals surface area contributed by atoms with Gasteiger partial charge in [-0.1, -0.05) is 47.7 Å². The summed E-state index contributed by atoms with van der Waals surface area (Å²) in [5.74, 6) is -0.948. The number of esters is 2. The minimum atomic E-state index is -1.77. The van der Waals surface area contributed by atoms with Gasteiger partial charge in [-0.25, -0.2) is 0 Å². The molecule has 0 radical (unpaired) electrons. The Labute approximate surface area is 209 Å². The van der Waals surface area contributed by atoms with Crippen molar-refractivity contribution in [3.05, 3.63) is 65.7 Å². The molecule has 2 saturated heterocycles. The molecule has 0 N–H and O–H groups in total. The van der Waals surface area contributed by atoms with Crippen molar-refractivity contribution < 1.29 is 33.5 Å². The molecule has 8 nitrogen and oxygen atoms in total. The van der Waals surface area contributed by atoms with Gasteiger partial charge in [0.05, 0.1) is 33.3 Å². The van der Waals surface area contributed by atoms with E-state index in [1.165, 1.54) is 19.4 Å². The van der Waals surface area contributed by atoms with Gasteiger partial charge in [0.25, 0.3) is 0 Å². The highest BCUT2D eigenvalue weighted by Gasteiger charge is 2.72. The van der Waals surface area contributed by atoms with Crippen molar-refractivity contribution in [3.63, 3.8) is 0 Å². The maximum Gasteiger partial charge on any atom is 0.325 e. The maximum atomic E-state index is 13.6. The number of hydrogen-bond donors (Lipinski definition) is 0. The van der Waals surface area contributed by atoms with E-state index >= 15 is 0 Å². The summed E-state index contributed by atoms with van der Waals surface area (Å²) in [6, 6.07) is 16.8. The molecule has 2 aromatic rings. The quantitative estimate of drug-likeness (QED) is 0.329. The van der Waals surface area contributed by atoms with E-state index < -0.39 is 41.0 Å². The average Bonchev–Trinajstić information content (AvgIpc) is 2.91. The zero-order chi connectivity index (χ0) is 25.2. The van der Waals surface area contributed by atoms with Crippen LogP contribution in [-0.2, 0) is 28.7 Å². The van der Waals surface area contributed by atoms with Crippen molar-refractivity contribution in [2.75, 3.05) is 27.2 Å². The van der Waals surface area contributed by atoms with Crippen molar-refractivity contribution in [1.29, 1.82) is 0 Å². The number of methoxy groups -OCH3 is 3. The largest absolute Gasteiger partial charge is 0.497 e. The lowest BCUT2D eigenvalue weighted by molar-refractivity contribution is -0.489. The number of carbonyl (C=O) groups excluding carboxylic acids is 2. The zero-order valence-electron chi connectivity index (χ0n) is 20.2. The number of hydroxylamine groups is 2. The first kappa shape index (κ1) is 25.4. The smallest absolute Gasteiger partial charge is 0.325 e. The number of nitrogens with zero attached hydrogens (tertiary/aromatic N) is 1. The molecule has 0 saturated carbocycles. The van der Waals surface area contributed by atoms with Gasteiger partial charge in [0.15, 0.2) is 5.41 Å². The normalized spacial score (nSPS) is 28.0. The Hall–Kier alpha value is -2.65. The zero-order valence-corrected chi connectivity index (χ0v) is 21.0. The monoisotopic (exact) mass is 503 g/mol. The predicted molar refractivity (Wildman–Crippen MR) is 128 cm³/mol. The molecule has 0 aliphatic carbocycles. The summed E-state index contributed by atoms with van der Waals surface area (Å²) in [7, 11) is 4.12. The van der Waals surface area contributed by atoms with Gasteiger partial charge in [-0.15, -0.1) is 11.6 Å². The Bertz CT molecular complexity index is 1030. The van der Waals surface area contributed by atoms with Gasteiger partial charge in [0, 0.05) is 12.3 Å². The molecule has 0 aromatic heterocycles. The minimum absolute atomic E-state index is 0.00488. The third-order valence-corrected chi connectivity index (χ3v) is 7.65. The second-order valence-corrected chi connectivity index (χ2v) is 9.25. The summed E-state index contributed by atoms with van der Waals surface area (Å²) in [4.78, 5) is 39.8. The number of benzene rings is 2. The van der Waals surface area contributed by atoms with Crippen LogP contribution < -0.4 is 4.74 Å². The number of alkyl halides is 1. The molecule has 4 rings (SSSR count). The molecule has 2 aliphatic heterocycles. The summed E-state index contributed by atoms with van der Waals surface area (Å²) in [6.07, 6.45) is -0.643. The van der Waals surface area contributed by atoms with Crippen LogP contribution >= 0.6 is 11.6 Å². The van der Waals surface area contributed by atoms with E-state index in [2.05, 4.69) is 0 Å². The summed E-state index contributed by atoms with van der Waals surface area (Å²) < 4.78 is 15.8. The molecule has 0 amide bonds. The van der Waals surface area contributed by atoms with Crippen LogP contribution in [0.15, 0.2) is 54.6 Å². The van der Waals surface area contributed by atoms with Crippen LogP contribution in [0.2, 0.25) is 0 Å². The van der Waals surface area contributed by atoms with Gasteiger partial charge < -0.3 is 14.2 Å². The van der Waals surface area contributed by atoms with Crippen LogP contribution in [0.5, 0.6) is 5.75 Å². The van der Waals surface area contributed by atoms with Crippen molar-refractivity contribution in [2.24, 2.45) is 5.41 Å².